The molecule has 0 radical (unpaired) electrons. The molecular formula is C34H48Cl2N4O12. The van der Waals surface area contributed by atoms with Gasteiger partial charge in [0.2, 0.25) is 24.0 Å². The number of rotatable bonds is 18. The van der Waals surface area contributed by atoms with E-state index in [1.807, 2.05) is 17.0 Å². The normalized spacial score (nSPS) is 20.8. The first-order chi connectivity index (χ1) is 24.5. The van der Waals surface area contributed by atoms with Crippen LogP contribution >= 0.6 is 23.2 Å². The summed E-state index contributed by atoms with van der Waals surface area (Å²) in [5, 5.41) is 7.95. The van der Waals surface area contributed by atoms with Gasteiger partial charge in [0.1, 0.15) is 30.8 Å². The summed E-state index contributed by atoms with van der Waals surface area (Å²) >= 11 is 11.9. The van der Waals surface area contributed by atoms with Gasteiger partial charge in [-0.15, -0.1) is 23.2 Å². The molecule has 1 aliphatic rings. The van der Waals surface area contributed by atoms with Crippen molar-refractivity contribution in [1.29, 1.82) is 0 Å². The van der Waals surface area contributed by atoms with Crippen molar-refractivity contribution in [2.45, 2.75) is 97.6 Å². The summed E-state index contributed by atoms with van der Waals surface area (Å²) in [6.07, 6.45) is -5.77. The molecule has 0 spiro atoms. The topological polar surface area (TPSA) is 205 Å². The number of benzene rings is 1. The van der Waals surface area contributed by atoms with Gasteiger partial charge in [0, 0.05) is 71.6 Å². The molecule has 52 heavy (non-hydrogen) atoms. The zero-order chi connectivity index (χ0) is 39.1. The lowest BCUT2D eigenvalue weighted by Crippen LogP contribution is -2.68. The van der Waals surface area contributed by atoms with E-state index in [2.05, 4.69) is 16.0 Å². The van der Waals surface area contributed by atoms with E-state index in [1.54, 1.807) is 26.0 Å². The Morgan fingerprint density at radius 2 is 1.33 bits per heavy atom. The first-order valence-electron chi connectivity index (χ1n) is 16.6. The zero-order valence-electron chi connectivity index (χ0n) is 30.3. The minimum absolute atomic E-state index is 0.0798. The number of anilines is 1. The zero-order valence-corrected chi connectivity index (χ0v) is 31.8. The number of esters is 4. The molecule has 18 heteroatoms. The second-order valence-electron chi connectivity index (χ2n) is 12.4. The Hall–Kier alpha value is -4.15. The van der Waals surface area contributed by atoms with Crippen LogP contribution in [0.15, 0.2) is 24.3 Å². The molecule has 7 atom stereocenters. The van der Waals surface area contributed by atoms with Gasteiger partial charge < -0.3 is 44.5 Å². The van der Waals surface area contributed by atoms with Crippen LogP contribution in [0.3, 0.4) is 0 Å². The maximum atomic E-state index is 13.9. The second kappa shape index (κ2) is 21.4. The predicted molar refractivity (Wildman–Crippen MR) is 188 cm³/mol. The fraction of sp³-hybridized carbons (Fsp3) is 0.618. The summed E-state index contributed by atoms with van der Waals surface area (Å²) in [4.78, 5) is 89.9. The number of halogens is 2. The fourth-order valence-electron chi connectivity index (χ4n) is 5.47. The summed E-state index contributed by atoms with van der Waals surface area (Å²) in [6, 6.07) is 3.52. The largest absolute Gasteiger partial charge is 0.463 e. The number of amides is 3. The van der Waals surface area contributed by atoms with E-state index in [-0.39, 0.29) is 6.42 Å². The molecule has 0 aliphatic carbocycles. The Bertz CT molecular complexity index is 1410. The summed E-state index contributed by atoms with van der Waals surface area (Å²) < 4.78 is 27.1. The highest BCUT2D eigenvalue weighted by atomic mass is 35.5. The maximum absolute atomic E-state index is 13.9. The summed E-state index contributed by atoms with van der Waals surface area (Å²) in [7, 11) is 0. The molecule has 0 bridgehead atoms. The molecule has 3 N–H and O–H groups in total. The molecule has 0 aromatic heterocycles. The number of alkyl halides is 2. The minimum atomic E-state index is -1.62. The van der Waals surface area contributed by atoms with Crippen LogP contribution in [0.4, 0.5) is 5.69 Å². The third kappa shape index (κ3) is 14.1. The SMILES string of the molecule is CC(=O)NC(Cc1ccc(N(CCCl)CCCl)cc1)C(=O)NC(C(=O)NC1C(OC(C)=O)OC(COC(C)=O)C(OC(C)=O)C1OC(C)=O)C(C)C. The quantitative estimate of drug-likeness (QED) is 0.110. The van der Waals surface area contributed by atoms with Gasteiger partial charge in [0.05, 0.1) is 0 Å². The third-order valence-corrected chi connectivity index (χ3v) is 8.02. The predicted octanol–water partition coefficient (Wildman–Crippen LogP) is 1.36. The number of ether oxygens (including phenoxy) is 5. The van der Waals surface area contributed by atoms with Crippen molar-refractivity contribution >= 4 is 70.5 Å². The number of carbonyl (C=O) groups excluding carboxylic acids is 7. The molecule has 1 saturated heterocycles. The minimum Gasteiger partial charge on any atom is -0.463 e. The molecule has 3 amide bonds. The lowest BCUT2D eigenvalue weighted by Gasteiger charge is -2.44. The maximum Gasteiger partial charge on any atom is 0.305 e. The lowest BCUT2D eigenvalue weighted by molar-refractivity contribution is -0.271. The van der Waals surface area contributed by atoms with Crippen LogP contribution < -0.4 is 20.9 Å². The standard InChI is InChI=1S/C34H48Cl2N4O12/c1-18(2)28(38-32(46)26(37-19(3)41)16-24-8-10-25(11-9-24)40(14-12-35)15-13-36)33(47)39-29-31(50-22(6)44)30(49-21(5)43)27(17-48-20(4)42)52-34(29)51-23(7)45/h8-11,18,26-31,34H,12-17H2,1-7H3,(H,37,41)(H,38,46)(H,39,47). The van der Waals surface area contributed by atoms with Gasteiger partial charge in [-0.3, -0.25) is 33.6 Å². The lowest BCUT2D eigenvalue weighted by atomic mass is 9.94. The molecule has 7 unspecified atom stereocenters. The molecule has 1 fully saturated rings. The molecule has 1 aliphatic heterocycles. The second-order valence-corrected chi connectivity index (χ2v) is 13.1. The van der Waals surface area contributed by atoms with Gasteiger partial charge in [0.15, 0.2) is 12.2 Å². The molecule has 1 aromatic carbocycles. The highest BCUT2D eigenvalue weighted by Crippen LogP contribution is 2.28. The van der Waals surface area contributed by atoms with Crippen LogP contribution in [-0.4, -0.2) is 116 Å². The Balaban J connectivity index is 2.40. The van der Waals surface area contributed by atoms with Crippen molar-refractivity contribution in [3.63, 3.8) is 0 Å². The van der Waals surface area contributed by atoms with E-state index >= 15 is 0 Å². The van der Waals surface area contributed by atoms with E-state index < -0.39 is 96.9 Å². The summed E-state index contributed by atoms with van der Waals surface area (Å²) in [5.41, 5.74) is 1.59. The van der Waals surface area contributed by atoms with Crippen LogP contribution in [0.2, 0.25) is 0 Å². The Kier molecular flexibility index (Phi) is 18.1. The van der Waals surface area contributed by atoms with Crippen molar-refractivity contribution in [3.8, 4) is 0 Å². The van der Waals surface area contributed by atoms with Gasteiger partial charge >= 0.3 is 23.9 Å². The van der Waals surface area contributed by atoms with Gasteiger partial charge in [-0.05, 0) is 23.6 Å². The van der Waals surface area contributed by atoms with Crippen molar-refractivity contribution in [2.75, 3.05) is 36.4 Å². The molecular weight excluding hydrogens is 727 g/mol. The van der Waals surface area contributed by atoms with E-state index in [4.69, 9.17) is 46.9 Å². The average molecular weight is 776 g/mol. The Morgan fingerprint density at radius 1 is 0.769 bits per heavy atom. The number of hydrogen-bond acceptors (Lipinski definition) is 13. The van der Waals surface area contributed by atoms with Crippen molar-refractivity contribution in [3.05, 3.63) is 29.8 Å². The average Bonchev–Trinajstić information content (AvgIpc) is 3.04. The molecule has 290 valence electrons. The van der Waals surface area contributed by atoms with E-state index in [0.717, 1.165) is 33.4 Å². The Labute approximate surface area is 312 Å². The molecule has 2 rings (SSSR count). The van der Waals surface area contributed by atoms with Crippen LogP contribution in [-0.2, 0) is 63.7 Å². The number of nitrogens with one attached hydrogen (secondary N) is 3. The van der Waals surface area contributed by atoms with Gasteiger partial charge in [-0.2, -0.15) is 0 Å². The number of hydrogen-bond donors (Lipinski definition) is 3. The fourth-order valence-corrected chi connectivity index (χ4v) is 5.88. The van der Waals surface area contributed by atoms with Gasteiger partial charge in [-0.25, -0.2) is 0 Å². The number of nitrogens with zero attached hydrogens (tertiary/aromatic N) is 1. The van der Waals surface area contributed by atoms with Crippen LogP contribution in [0.1, 0.15) is 54.0 Å². The number of carbonyl (C=O) groups is 7. The van der Waals surface area contributed by atoms with Crippen LogP contribution in [0.25, 0.3) is 0 Å². The van der Waals surface area contributed by atoms with Crippen LogP contribution in [0, 0.1) is 5.92 Å². The van der Waals surface area contributed by atoms with Crippen molar-refractivity contribution in [1.82, 2.24) is 16.0 Å². The summed E-state index contributed by atoms with van der Waals surface area (Å²) in [6.45, 7) is 9.62. The highest BCUT2D eigenvalue weighted by Gasteiger charge is 2.53. The van der Waals surface area contributed by atoms with E-state index in [9.17, 15) is 33.6 Å². The first-order valence-corrected chi connectivity index (χ1v) is 17.7. The monoisotopic (exact) mass is 774 g/mol. The Morgan fingerprint density at radius 3 is 1.81 bits per heavy atom. The van der Waals surface area contributed by atoms with Crippen molar-refractivity contribution in [2.24, 2.45) is 5.92 Å². The van der Waals surface area contributed by atoms with Gasteiger partial charge in [-0.1, -0.05) is 26.0 Å². The summed E-state index contributed by atoms with van der Waals surface area (Å²) in [5.74, 6) is -4.90. The third-order valence-electron chi connectivity index (χ3n) is 7.68. The first kappa shape index (κ1) is 44.0. The molecule has 1 aromatic rings. The smallest absolute Gasteiger partial charge is 0.305 e. The van der Waals surface area contributed by atoms with E-state index in [0.29, 0.717) is 30.4 Å². The highest BCUT2D eigenvalue weighted by molar-refractivity contribution is 6.18. The van der Waals surface area contributed by atoms with Crippen molar-refractivity contribution < 1.29 is 57.2 Å². The van der Waals surface area contributed by atoms with E-state index in [1.165, 1.54) is 6.92 Å². The molecule has 16 nitrogen and oxygen atoms in total. The van der Waals surface area contributed by atoms with Gasteiger partial charge in [0.25, 0.3) is 0 Å². The molecule has 1 heterocycles. The molecule has 0 saturated carbocycles. The van der Waals surface area contributed by atoms with Crippen LogP contribution in [0.5, 0.6) is 0 Å².